The molecule has 0 radical (unpaired) electrons. The molecule has 96 valence electrons. The predicted octanol–water partition coefficient (Wildman–Crippen LogP) is 2.78. The number of benzene rings is 1. The van der Waals surface area contributed by atoms with Crippen LogP contribution in [0.5, 0.6) is 0 Å². The Kier molecular flexibility index (Phi) is 3.90. The Morgan fingerprint density at radius 3 is 2.78 bits per heavy atom. The maximum atomic E-state index is 12.4. The fourth-order valence-corrected chi connectivity index (χ4v) is 4.31. The van der Waals surface area contributed by atoms with Gasteiger partial charge in [0, 0.05) is 16.5 Å². The topological polar surface area (TPSA) is 63.2 Å². The van der Waals surface area contributed by atoms with Crippen LogP contribution in [-0.4, -0.2) is 25.7 Å². The monoisotopic (exact) mass is 367 g/mol. The standard InChI is InChI=1S/C9H7BrClN3O2S2/c1-14(9-13-12-5-17-9)18(15,16)8-4-6(11)2-3-7(8)10/h2-5H,1H3. The Morgan fingerprint density at radius 1 is 1.44 bits per heavy atom. The van der Waals surface area contributed by atoms with Crippen molar-refractivity contribution in [1.29, 1.82) is 0 Å². The summed E-state index contributed by atoms with van der Waals surface area (Å²) in [6, 6.07) is 4.58. The number of sulfonamides is 1. The van der Waals surface area contributed by atoms with Crippen LogP contribution in [0, 0.1) is 0 Å². The van der Waals surface area contributed by atoms with E-state index < -0.39 is 10.0 Å². The first-order valence-corrected chi connectivity index (χ1v) is 8.12. The van der Waals surface area contributed by atoms with Crippen molar-refractivity contribution in [3.8, 4) is 0 Å². The SMILES string of the molecule is CN(c1nncs1)S(=O)(=O)c1cc(Cl)ccc1Br. The molecule has 0 spiro atoms. The highest BCUT2D eigenvalue weighted by atomic mass is 79.9. The van der Waals surface area contributed by atoms with E-state index in [0.717, 1.165) is 15.6 Å². The molecule has 18 heavy (non-hydrogen) atoms. The van der Waals surface area contributed by atoms with Gasteiger partial charge in [0.1, 0.15) is 10.4 Å². The zero-order chi connectivity index (χ0) is 13.3. The van der Waals surface area contributed by atoms with Crippen molar-refractivity contribution in [3.05, 3.63) is 33.2 Å². The number of aromatic nitrogens is 2. The maximum absolute atomic E-state index is 12.4. The Balaban J connectivity index is 2.52. The van der Waals surface area contributed by atoms with E-state index in [-0.39, 0.29) is 4.90 Å². The van der Waals surface area contributed by atoms with Gasteiger partial charge in [0.2, 0.25) is 5.13 Å². The summed E-state index contributed by atoms with van der Waals surface area (Å²) in [5, 5.41) is 7.98. The van der Waals surface area contributed by atoms with Gasteiger partial charge in [0.05, 0.1) is 0 Å². The van der Waals surface area contributed by atoms with Gasteiger partial charge >= 0.3 is 0 Å². The van der Waals surface area contributed by atoms with Crippen molar-refractivity contribution in [3.63, 3.8) is 0 Å². The van der Waals surface area contributed by atoms with E-state index in [4.69, 9.17) is 11.6 Å². The minimum atomic E-state index is -3.71. The highest BCUT2D eigenvalue weighted by Crippen LogP contribution is 2.30. The number of nitrogens with zero attached hydrogens (tertiary/aromatic N) is 3. The van der Waals surface area contributed by atoms with Crippen LogP contribution >= 0.6 is 38.9 Å². The van der Waals surface area contributed by atoms with Crippen molar-refractivity contribution < 1.29 is 8.42 Å². The molecule has 0 atom stereocenters. The summed E-state index contributed by atoms with van der Waals surface area (Å²) in [5.41, 5.74) is 1.47. The Hall–Kier alpha value is -0.700. The summed E-state index contributed by atoms with van der Waals surface area (Å²) >= 11 is 10.2. The van der Waals surface area contributed by atoms with Crippen molar-refractivity contribution in [2.75, 3.05) is 11.4 Å². The van der Waals surface area contributed by atoms with Gasteiger partial charge in [-0.3, -0.25) is 0 Å². The number of anilines is 1. The van der Waals surface area contributed by atoms with E-state index in [0.29, 0.717) is 14.6 Å². The van der Waals surface area contributed by atoms with E-state index in [1.165, 1.54) is 18.6 Å². The lowest BCUT2D eigenvalue weighted by Crippen LogP contribution is -2.26. The molecule has 0 saturated carbocycles. The molecule has 0 bridgehead atoms. The number of halogens is 2. The summed E-state index contributed by atoms with van der Waals surface area (Å²) in [6.07, 6.45) is 0. The molecule has 0 aliphatic rings. The van der Waals surface area contributed by atoms with Crippen molar-refractivity contribution in [2.24, 2.45) is 0 Å². The highest BCUT2D eigenvalue weighted by molar-refractivity contribution is 9.10. The molecule has 0 N–H and O–H groups in total. The maximum Gasteiger partial charge on any atom is 0.267 e. The van der Waals surface area contributed by atoms with Crippen molar-refractivity contribution in [2.45, 2.75) is 4.90 Å². The first-order valence-electron chi connectivity index (χ1n) is 4.63. The molecule has 1 heterocycles. The van der Waals surface area contributed by atoms with Crippen molar-refractivity contribution in [1.82, 2.24) is 10.2 Å². The second-order valence-corrected chi connectivity index (χ2v) is 7.31. The lowest BCUT2D eigenvalue weighted by Gasteiger charge is -2.16. The fraction of sp³-hybridized carbons (Fsp3) is 0.111. The minimum absolute atomic E-state index is 0.0905. The van der Waals surface area contributed by atoms with Crippen LogP contribution < -0.4 is 4.31 Å². The summed E-state index contributed by atoms with van der Waals surface area (Å²) in [7, 11) is -2.29. The number of hydrogen-bond acceptors (Lipinski definition) is 5. The lowest BCUT2D eigenvalue weighted by molar-refractivity contribution is 0.593. The Labute approximate surface area is 122 Å². The van der Waals surface area contributed by atoms with Crippen LogP contribution in [-0.2, 0) is 10.0 Å². The number of rotatable bonds is 3. The van der Waals surface area contributed by atoms with Gasteiger partial charge in [-0.05, 0) is 34.1 Å². The quantitative estimate of drug-likeness (QED) is 0.835. The predicted molar refractivity (Wildman–Crippen MR) is 74.6 cm³/mol. The summed E-state index contributed by atoms with van der Waals surface area (Å²) < 4.78 is 26.3. The molecule has 2 rings (SSSR count). The van der Waals surface area contributed by atoms with E-state index in [1.54, 1.807) is 12.1 Å². The van der Waals surface area contributed by atoms with Crippen LogP contribution in [0.1, 0.15) is 0 Å². The zero-order valence-corrected chi connectivity index (χ0v) is 13.0. The molecule has 0 amide bonds. The third kappa shape index (κ3) is 2.51. The van der Waals surface area contributed by atoms with Crippen LogP contribution in [0.15, 0.2) is 33.1 Å². The fourth-order valence-electron chi connectivity index (χ4n) is 1.23. The molecule has 0 aliphatic heterocycles. The Bertz CT molecular complexity index is 660. The molecular formula is C9H7BrClN3O2S2. The second-order valence-electron chi connectivity index (χ2n) is 3.27. The average Bonchev–Trinajstić information content (AvgIpc) is 2.84. The third-order valence-electron chi connectivity index (χ3n) is 2.15. The molecule has 5 nitrogen and oxygen atoms in total. The third-order valence-corrected chi connectivity index (χ3v) is 6.01. The van der Waals surface area contributed by atoms with Crippen LogP contribution in [0.4, 0.5) is 5.13 Å². The van der Waals surface area contributed by atoms with Crippen LogP contribution in [0.25, 0.3) is 0 Å². The zero-order valence-electron chi connectivity index (χ0n) is 9.04. The lowest BCUT2D eigenvalue weighted by atomic mass is 10.4. The first kappa shape index (κ1) is 13.7. The molecule has 0 aliphatic carbocycles. The Morgan fingerprint density at radius 2 is 2.17 bits per heavy atom. The highest BCUT2D eigenvalue weighted by Gasteiger charge is 2.25. The van der Waals surface area contributed by atoms with E-state index in [9.17, 15) is 8.42 Å². The van der Waals surface area contributed by atoms with Gasteiger partial charge in [0.15, 0.2) is 0 Å². The normalized spacial score (nSPS) is 11.5. The largest absolute Gasteiger partial charge is 0.267 e. The van der Waals surface area contributed by atoms with Crippen molar-refractivity contribution >= 4 is 54.0 Å². The minimum Gasteiger partial charge on any atom is -0.243 e. The van der Waals surface area contributed by atoms with Gasteiger partial charge < -0.3 is 0 Å². The molecular weight excluding hydrogens is 362 g/mol. The smallest absolute Gasteiger partial charge is 0.243 e. The van der Waals surface area contributed by atoms with E-state index >= 15 is 0 Å². The molecule has 1 aromatic carbocycles. The molecule has 0 unspecified atom stereocenters. The number of hydrogen-bond donors (Lipinski definition) is 0. The van der Waals surface area contributed by atoms with Crippen LogP contribution in [0.2, 0.25) is 5.02 Å². The molecule has 0 fully saturated rings. The summed E-state index contributed by atoms with van der Waals surface area (Å²) in [4.78, 5) is 0.0905. The molecule has 0 saturated heterocycles. The van der Waals surface area contributed by atoms with E-state index in [2.05, 4.69) is 26.1 Å². The summed E-state index contributed by atoms with van der Waals surface area (Å²) in [6.45, 7) is 0. The molecule has 1 aromatic heterocycles. The van der Waals surface area contributed by atoms with Gasteiger partial charge in [-0.1, -0.05) is 22.9 Å². The van der Waals surface area contributed by atoms with Crippen LogP contribution in [0.3, 0.4) is 0 Å². The first-order chi connectivity index (χ1) is 8.43. The second kappa shape index (κ2) is 5.12. The van der Waals surface area contributed by atoms with E-state index in [1.807, 2.05) is 0 Å². The van der Waals surface area contributed by atoms with Gasteiger partial charge in [-0.2, -0.15) is 0 Å². The van der Waals surface area contributed by atoms with Gasteiger partial charge in [0.25, 0.3) is 10.0 Å². The van der Waals surface area contributed by atoms with Gasteiger partial charge in [-0.25, -0.2) is 12.7 Å². The molecule has 2 aromatic rings. The molecule has 9 heteroatoms. The summed E-state index contributed by atoms with van der Waals surface area (Å²) in [5.74, 6) is 0. The average molecular weight is 369 g/mol. The van der Waals surface area contributed by atoms with Gasteiger partial charge in [-0.15, -0.1) is 10.2 Å².